The number of carbonyl (C=O) groups is 1. The average molecular weight is 338 g/mol. The summed E-state index contributed by atoms with van der Waals surface area (Å²) in [5.41, 5.74) is 0. The van der Waals surface area contributed by atoms with Gasteiger partial charge in [0.2, 0.25) is 6.10 Å². The van der Waals surface area contributed by atoms with Gasteiger partial charge in [0.15, 0.2) is 0 Å². The normalized spacial score (nSPS) is 19.0. The van der Waals surface area contributed by atoms with E-state index in [9.17, 15) is 31.1 Å². The van der Waals surface area contributed by atoms with Crippen LogP contribution in [0.15, 0.2) is 0 Å². The van der Waals surface area contributed by atoms with Crippen molar-refractivity contribution in [3.63, 3.8) is 0 Å². The van der Waals surface area contributed by atoms with Crippen LogP contribution in [-0.2, 0) is 19.0 Å². The highest BCUT2D eigenvalue weighted by molar-refractivity contribution is 5.75. The lowest BCUT2D eigenvalue weighted by Crippen LogP contribution is -2.41. The van der Waals surface area contributed by atoms with Gasteiger partial charge >= 0.3 is 18.3 Å². The van der Waals surface area contributed by atoms with Gasteiger partial charge in [0.05, 0.1) is 6.61 Å². The number of rotatable bonds is 6. The number of alkyl halides is 6. The van der Waals surface area contributed by atoms with Crippen LogP contribution >= 0.6 is 0 Å². The van der Waals surface area contributed by atoms with E-state index >= 15 is 0 Å². The molecule has 1 fully saturated rings. The van der Waals surface area contributed by atoms with E-state index in [-0.39, 0.29) is 12.5 Å². The van der Waals surface area contributed by atoms with E-state index in [0.717, 1.165) is 12.8 Å². The zero-order chi connectivity index (χ0) is 16.8. The highest BCUT2D eigenvalue weighted by Gasteiger charge is 2.49. The summed E-state index contributed by atoms with van der Waals surface area (Å²) in [6, 6.07) is 0. The standard InChI is InChI=1S/C12H16F6O4/c13-11(14,15)9(22-10(19)12(16,17)18)7-21-6-3-8-1-4-20-5-2-8/h8-9H,1-7H2. The Labute approximate surface area is 122 Å². The third kappa shape index (κ3) is 6.82. The molecule has 0 N–H and O–H groups in total. The quantitative estimate of drug-likeness (QED) is 0.424. The molecule has 1 rings (SSSR count). The number of ether oxygens (including phenoxy) is 3. The van der Waals surface area contributed by atoms with Crippen molar-refractivity contribution in [2.24, 2.45) is 5.92 Å². The van der Waals surface area contributed by atoms with Crippen molar-refractivity contribution in [1.29, 1.82) is 0 Å². The highest BCUT2D eigenvalue weighted by atomic mass is 19.4. The molecule has 0 radical (unpaired) electrons. The van der Waals surface area contributed by atoms with E-state index in [0.29, 0.717) is 19.6 Å². The molecule has 0 aliphatic carbocycles. The van der Waals surface area contributed by atoms with E-state index in [1.807, 2.05) is 0 Å². The maximum atomic E-state index is 12.5. The third-order valence-electron chi connectivity index (χ3n) is 3.13. The Kier molecular flexibility index (Phi) is 6.92. The van der Waals surface area contributed by atoms with Crippen LogP contribution in [0.1, 0.15) is 19.3 Å². The molecule has 1 atom stereocenters. The van der Waals surface area contributed by atoms with E-state index in [2.05, 4.69) is 4.74 Å². The molecule has 1 unspecified atom stereocenters. The van der Waals surface area contributed by atoms with Crippen LogP contribution in [0.3, 0.4) is 0 Å². The summed E-state index contributed by atoms with van der Waals surface area (Å²) in [4.78, 5) is 10.5. The van der Waals surface area contributed by atoms with Crippen LogP contribution in [0.25, 0.3) is 0 Å². The molecule has 0 aromatic heterocycles. The Hall–Kier alpha value is -1.03. The summed E-state index contributed by atoms with van der Waals surface area (Å²) in [5.74, 6) is -2.64. The number of esters is 1. The first kappa shape index (κ1) is 19.0. The largest absolute Gasteiger partial charge is 0.490 e. The molecular weight excluding hydrogens is 322 g/mol. The molecule has 1 aliphatic heterocycles. The first-order valence-electron chi connectivity index (χ1n) is 6.60. The van der Waals surface area contributed by atoms with Gasteiger partial charge in [0, 0.05) is 19.8 Å². The number of halogens is 6. The lowest BCUT2D eigenvalue weighted by atomic mass is 9.97. The lowest BCUT2D eigenvalue weighted by molar-refractivity contribution is -0.253. The molecule has 0 spiro atoms. The van der Waals surface area contributed by atoms with Gasteiger partial charge in [-0.25, -0.2) is 4.79 Å². The van der Waals surface area contributed by atoms with Gasteiger partial charge in [0.1, 0.15) is 0 Å². The zero-order valence-electron chi connectivity index (χ0n) is 11.5. The Morgan fingerprint density at radius 1 is 1.14 bits per heavy atom. The first-order chi connectivity index (χ1) is 10.1. The molecule has 1 aliphatic rings. The van der Waals surface area contributed by atoms with Crippen molar-refractivity contribution in [3.05, 3.63) is 0 Å². The summed E-state index contributed by atoms with van der Waals surface area (Å²) >= 11 is 0. The molecule has 0 bridgehead atoms. The number of hydrogen-bond donors (Lipinski definition) is 0. The second kappa shape index (κ2) is 8.00. The van der Waals surface area contributed by atoms with Crippen molar-refractivity contribution in [3.8, 4) is 0 Å². The van der Waals surface area contributed by atoms with E-state index in [1.54, 1.807) is 0 Å². The fraction of sp³-hybridized carbons (Fsp3) is 0.917. The van der Waals surface area contributed by atoms with Crippen LogP contribution in [0, 0.1) is 5.92 Å². The predicted octanol–water partition coefficient (Wildman–Crippen LogP) is 2.86. The SMILES string of the molecule is O=C(OC(COCCC1CCOCC1)C(F)(F)F)C(F)(F)F. The minimum Gasteiger partial charge on any atom is -0.444 e. The molecule has 1 saturated heterocycles. The third-order valence-corrected chi connectivity index (χ3v) is 3.13. The Bertz CT molecular complexity index is 349. The van der Waals surface area contributed by atoms with Gasteiger partial charge in [-0.05, 0) is 25.2 Å². The fourth-order valence-corrected chi connectivity index (χ4v) is 1.87. The summed E-state index contributed by atoms with van der Waals surface area (Å²) in [5, 5.41) is 0. The second-order valence-electron chi connectivity index (χ2n) is 4.85. The van der Waals surface area contributed by atoms with Gasteiger partial charge in [-0.15, -0.1) is 0 Å². The first-order valence-corrected chi connectivity index (χ1v) is 6.60. The minimum atomic E-state index is -5.48. The van der Waals surface area contributed by atoms with Gasteiger partial charge in [-0.1, -0.05) is 0 Å². The minimum absolute atomic E-state index is 0.0547. The van der Waals surface area contributed by atoms with Crippen LogP contribution < -0.4 is 0 Å². The van der Waals surface area contributed by atoms with Crippen LogP contribution in [-0.4, -0.2) is 50.9 Å². The van der Waals surface area contributed by atoms with Gasteiger partial charge in [-0.3, -0.25) is 0 Å². The van der Waals surface area contributed by atoms with Gasteiger partial charge in [0.25, 0.3) is 0 Å². The monoisotopic (exact) mass is 338 g/mol. The molecule has 4 nitrogen and oxygen atoms in total. The topological polar surface area (TPSA) is 44.8 Å². The number of carbonyl (C=O) groups excluding carboxylic acids is 1. The summed E-state index contributed by atoms with van der Waals surface area (Å²) in [7, 11) is 0. The molecule has 0 amide bonds. The van der Waals surface area contributed by atoms with Crippen molar-refractivity contribution < 1.29 is 45.3 Å². The van der Waals surface area contributed by atoms with Crippen LogP contribution in [0.4, 0.5) is 26.3 Å². The van der Waals surface area contributed by atoms with Crippen molar-refractivity contribution in [1.82, 2.24) is 0 Å². The predicted molar refractivity (Wildman–Crippen MR) is 61.0 cm³/mol. The van der Waals surface area contributed by atoms with Crippen LogP contribution in [0.2, 0.25) is 0 Å². The smallest absolute Gasteiger partial charge is 0.444 e. The molecule has 10 heteroatoms. The molecule has 0 aromatic carbocycles. The fourth-order valence-electron chi connectivity index (χ4n) is 1.87. The average Bonchev–Trinajstić information content (AvgIpc) is 2.40. The molecule has 0 aromatic rings. The maximum absolute atomic E-state index is 12.5. The molecule has 0 saturated carbocycles. The Morgan fingerprint density at radius 2 is 1.73 bits per heavy atom. The lowest BCUT2D eigenvalue weighted by Gasteiger charge is -2.23. The van der Waals surface area contributed by atoms with Gasteiger partial charge < -0.3 is 14.2 Å². The Balaban J connectivity index is 2.37. The van der Waals surface area contributed by atoms with Crippen LogP contribution in [0.5, 0.6) is 0 Å². The molecule has 22 heavy (non-hydrogen) atoms. The van der Waals surface area contributed by atoms with Crippen molar-refractivity contribution in [2.75, 3.05) is 26.4 Å². The van der Waals surface area contributed by atoms with Gasteiger partial charge in [-0.2, -0.15) is 26.3 Å². The van der Waals surface area contributed by atoms with Crippen molar-refractivity contribution in [2.45, 2.75) is 37.7 Å². The maximum Gasteiger partial charge on any atom is 0.490 e. The Morgan fingerprint density at radius 3 is 2.23 bits per heavy atom. The van der Waals surface area contributed by atoms with E-state index < -0.39 is 31.0 Å². The molecular formula is C12H16F6O4. The van der Waals surface area contributed by atoms with E-state index in [4.69, 9.17) is 9.47 Å². The molecule has 130 valence electrons. The summed E-state index contributed by atoms with van der Waals surface area (Å²) < 4.78 is 86.6. The molecule has 1 heterocycles. The highest BCUT2D eigenvalue weighted by Crippen LogP contribution is 2.27. The summed E-state index contributed by atoms with van der Waals surface area (Å²) in [6.45, 7) is -0.0760. The van der Waals surface area contributed by atoms with E-state index in [1.165, 1.54) is 0 Å². The second-order valence-corrected chi connectivity index (χ2v) is 4.85. The zero-order valence-corrected chi connectivity index (χ0v) is 11.5. The number of hydrogen-bond acceptors (Lipinski definition) is 4. The van der Waals surface area contributed by atoms with Crippen molar-refractivity contribution >= 4 is 5.97 Å². The summed E-state index contributed by atoms with van der Waals surface area (Å²) in [6.07, 6.45) is -11.5.